The van der Waals surface area contributed by atoms with Gasteiger partial charge < -0.3 is 10.0 Å². The molecule has 18 heavy (non-hydrogen) atoms. The van der Waals surface area contributed by atoms with E-state index in [0.717, 1.165) is 6.29 Å². The monoisotopic (exact) mass is 268 g/mol. The smallest absolute Gasteiger partial charge is 0.475 e. The molecule has 7 nitrogen and oxygen atoms in total. The van der Waals surface area contributed by atoms with Gasteiger partial charge in [-0.15, -0.1) is 5.10 Å². The summed E-state index contributed by atoms with van der Waals surface area (Å²) in [6, 6.07) is 0. The maximum absolute atomic E-state index is 10.6. The van der Waals surface area contributed by atoms with E-state index in [1.807, 2.05) is 19.0 Å². The Morgan fingerprint density at radius 1 is 1.50 bits per heavy atom. The summed E-state index contributed by atoms with van der Waals surface area (Å²) in [6.45, 7) is 0.630. The predicted octanol–water partition coefficient (Wildman–Crippen LogP) is 0.312. The Bertz CT molecular complexity index is 403. The second kappa shape index (κ2) is 6.69. The van der Waals surface area contributed by atoms with Gasteiger partial charge in [0.05, 0.1) is 0 Å². The lowest BCUT2D eigenvalue weighted by atomic mass is 10.3. The van der Waals surface area contributed by atoms with E-state index in [1.165, 1.54) is 0 Å². The van der Waals surface area contributed by atoms with Gasteiger partial charge in [-0.05, 0) is 14.1 Å². The van der Waals surface area contributed by atoms with Crippen molar-refractivity contribution < 1.29 is 27.9 Å². The number of hydrogen-bond donors (Lipinski definition) is 2. The Kier molecular flexibility index (Phi) is 5.96. The molecule has 0 fully saturated rings. The maximum atomic E-state index is 10.6. The zero-order chi connectivity index (χ0) is 14.3. The first-order valence-corrected chi connectivity index (χ1v) is 4.48. The molecule has 0 aliphatic rings. The number of hydrogen-bond acceptors (Lipinski definition) is 5. The Balaban J connectivity index is 0.000000360. The van der Waals surface area contributed by atoms with Gasteiger partial charge in [-0.3, -0.25) is 9.89 Å². The number of halogens is 3. The topological polar surface area (TPSA) is 99.2 Å². The van der Waals surface area contributed by atoms with Crippen molar-refractivity contribution in [1.29, 1.82) is 0 Å². The minimum atomic E-state index is -5.08. The normalized spacial score (nSPS) is 10.8. The van der Waals surface area contributed by atoms with E-state index in [2.05, 4.69) is 15.4 Å². The highest BCUT2D eigenvalue weighted by Crippen LogP contribution is 2.13. The van der Waals surface area contributed by atoms with Crippen LogP contribution in [0.2, 0.25) is 0 Å². The number of carboxylic acid groups (broad SMARTS) is 1. The summed E-state index contributed by atoms with van der Waals surface area (Å²) in [5.74, 6) is -2.76. The van der Waals surface area contributed by atoms with Crippen LogP contribution in [-0.2, 0) is 11.3 Å². The number of H-pyrrole nitrogens is 1. The van der Waals surface area contributed by atoms with Crippen LogP contribution in [0.15, 0.2) is 0 Å². The molecule has 1 heterocycles. The average molecular weight is 268 g/mol. The van der Waals surface area contributed by atoms with Gasteiger partial charge in [0, 0.05) is 6.54 Å². The van der Waals surface area contributed by atoms with E-state index in [-0.39, 0.29) is 0 Å². The number of carbonyl (C=O) groups excluding carboxylic acids is 1. The second-order valence-electron chi connectivity index (χ2n) is 3.33. The lowest BCUT2D eigenvalue weighted by molar-refractivity contribution is -0.192. The fraction of sp³-hybridized carbons (Fsp3) is 0.500. The number of aldehydes is 1. The third kappa shape index (κ3) is 5.94. The van der Waals surface area contributed by atoms with Crippen LogP contribution in [-0.4, -0.2) is 57.9 Å². The van der Waals surface area contributed by atoms with Gasteiger partial charge in [-0.2, -0.15) is 13.2 Å². The number of carboxylic acids is 1. The number of aliphatic carboxylic acids is 1. The first-order valence-electron chi connectivity index (χ1n) is 4.48. The highest BCUT2D eigenvalue weighted by atomic mass is 19.4. The number of nitrogens with one attached hydrogen (secondary N) is 1. The fourth-order valence-electron chi connectivity index (χ4n) is 0.768. The van der Waals surface area contributed by atoms with Crippen molar-refractivity contribution in [1.82, 2.24) is 20.3 Å². The van der Waals surface area contributed by atoms with E-state index >= 15 is 0 Å². The van der Waals surface area contributed by atoms with Crippen LogP contribution in [0.4, 0.5) is 13.2 Å². The molecule has 102 valence electrons. The third-order valence-electron chi connectivity index (χ3n) is 1.48. The quantitative estimate of drug-likeness (QED) is 0.765. The highest BCUT2D eigenvalue weighted by molar-refractivity contribution is 5.73. The predicted molar refractivity (Wildman–Crippen MR) is 52.9 cm³/mol. The summed E-state index contributed by atoms with van der Waals surface area (Å²) in [7, 11) is 3.81. The lowest BCUT2D eigenvalue weighted by Crippen LogP contribution is -2.21. The number of aromatic nitrogens is 3. The Hall–Kier alpha value is -1.97. The van der Waals surface area contributed by atoms with Crippen LogP contribution >= 0.6 is 0 Å². The van der Waals surface area contributed by atoms with Gasteiger partial charge >= 0.3 is 12.1 Å². The van der Waals surface area contributed by atoms with Gasteiger partial charge in [0.2, 0.25) is 0 Å². The summed E-state index contributed by atoms with van der Waals surface area (Å²) in [5.41, 5.74) is 1.14. The molecule has 0 spiro atoms. The summed E-state index contributed by atoms with van der Waals surface area (Å²) in [6.07, 6.45) is -4.36. The van der Waals surface area contributed by atoms with Crippen molar-refractivity contribution in [3.63, 3.8) is 0 Å². The van der Waals surface area contributed by atoms with Crippen LogP contribution in [0.3, 0.4) is 0 Å². The molecular formula is C8H11F3N4O3. The number of carbonyl (C=O) groups is 2. The summed E-state index contributed by atoms with van der Waals surface area (Å²) in [5, 5.41) is 16.9. The molecule has 1 rings (SSSR count). The van der Waals surface area contributed by atoms with Crippen LogP contribution in [0, 0.1) is 0 Å². The van der Waals surface area contributed by atoms with Gasteiger partial charge in [-0.1, -0.05) is 5.21 Å². The number of nitrogens with zero attached hydrogens (tertiary/aromatic N) is 3. The van der Waals surface area contributed by atoms with Crippen LogP contribution in [0.25, 0.3) is 0 Å². The first-order chi connectivity index (χ1) is 8.18. The van der Waals surface area contributed by atoms with Crippen LogP contribution in [0.1, 0.15) is 16.2 Å². The molecule has 0 saturated carbocycles. The standard InChI is InChI=1S/C6H10N4O.C2HF3O2/c1-10(2)3-5-6(4-11)8-9-7-5;3-2(4,5)1(6)7/h4H,3H2,1-2H3,(H,7,8,9);(H,6,7). The Morgan fingerprint density at radius 2 is 2.00 bits per heavy atom. The van der Waals surface area contributed by atoms with Gasteiger partial charge in [0.25, 0.3) is 0 Å². The largest absolute Gasteiger partial charge is 0.490 e. The number of alkyl halides is 3. The Morgan fingerprint density at radius 3 is 2.33 bits per heavy atom. The highest BCUT2D eigenvalue weighted by Gasteiger charge is 2.38. The lowest BCUT2D eigenvalue weighted by Gasteiger charge is -2.05. The molecule has 0 bridgehead atoms. The zero-order valence-corrected chi connectivity index (χ0v) is 9.52. The van der Waals surface area contributed by atoms with Crippen molar-refractivity contribution in [2.45, 2.75) is 12.7 Å². The average Bonchev–Trinajstić information content (AvgIpc) is 2.63. The second-order valence-corrected chi connectivity index (χ2v) is 3.33. The van der Waals surface area contributed by atoms with Crippen molar-refractivity contribution >= 4 is 12.3 Å². The molecule has 2 N–H and O–H groups in total. The summed E-state index contributed by atoms with van der Waals surface area (Å²) in [4.78, 5) is 21.2. The van der Waals surface area contributed by atoms with E-state index < -0.39 is 12.1 Å². The molecule has 0 saturated heterocycles. The minimum Gasteiger partial charge on any atom is -0.475 e. The number of aromatic amines is 1. The molecule has 0 aromatic carbocycles. The zero-order valence-electron chi connectivity index (χ0n) is 9.52. The molecule has 1 aromatic heterocycles. The van der Waals surface area contributed by atoms with Crippen LogP contribution < -0.4 is 0 Å². The minimum absolute atomic E-state index is 0.457. The van der Waals surface area contributed by atoms with E-state index in [4.69, 9.17) is 9.90 Å². The molecule has 0 unspecified atom stereocenters. The Labute approximate surface area is 99.6 Å². The first kappa shape index (κ1) is 16.0. The molecule has 0 aliphatic carbocycles. The maximum Gasteiger partial charge on any atom is 0.490 e. The molecule has 0 radical (unpaired) electrons. The molecule has 10 heteroatoms. The van der Waals surface area contributed by atoms with Crippen molar-refractivity contribution in [3.05, 3.63) is 11.4 Å². The SMILES string of the molecule is CN(C)Cc1nn[nH]c1C=O.O=C(O)C(F)(F)F. The molecule has 0 amide bonds. The van der Waals surface area contributed by atoms with E-state index in [0.29, 0.717) is 17.9 Å². The van der Waals surface area contributed by atoms with Gasteiger partial charge in [-0.25, -0.2) is 4.79 Å². The van der Waals surface area contributed by atoms with Crippen molar-refractivity contribution in [3.8, 4) is 0 Å². The van der Waals surface area contributed by atoms with Crippen molar-refractivity contribution in [2.75, 3.05) is 14.1 Å². The summed E-state index contributed by atoms with van der Waals surface area (Å²) >= 11 is 0. The molecule has 0 atom stereocenters. The number of rotatable bonds is 3. The third-order valence-corrected chi connectivity index (χ3v) is 1.48. The van der Waals surface area contributed by atoms with Crippen molar-refractivity contribution in [2.24, 2.45) is 0 Å². The summed E-state index contributed by atoms with van der Waals surface area (Å²) < 4.78 is 31.7. The fourth-order valence-corrected chi connectivity index (χ4v) is 0.768. The van der Waals surface area contributed by atoms with Crippen LogP contribution in [0.5, 0.6) is 0 Å². The van der Waals surface area contributed by atoms with Gasteiger partial charge in [0.1, 0.15) is 11.4 Å². The van der Waals surface area contributed by atoms with E-state index in [9.17, 15) is 18.0 Å². The molecule has 0 aliphatic heterocycles. The molecular weight excluding hydrogens is 257 g/mol. The molecule has 1 aromatic rings. The van der Waals surface area contributed by atoms with E-state index in [1.54, 1.807) is 0 Å². The van der Waals surface area contributed by atoms with Gasteiger partial charge in [0.15, 0.2) is 6.29 Å².